The SMILES string of the molecule is C[C@@H](Nc1cncc(Cl)c1)C(=O)N1[C@H]2CC[C@@H]([C@H]1C(=O)N[C@@H](C#N)C[C@@H]1CCCNC1=O)C(F)(F)C2. The number of aromatic nitrogens is 1. The van der Waals surface area contributed by atoms with E-state index in [1.54, 1.807) is 13.0 Å². The van der Waals surface area contributed by atoms with E-state index in [2.05, 4.69) is 20.9 Å². The summed E-state index contributed by atoms with van der Waals surface area (Å²) in [6, 6.07) is -0.547. The number of nitrogens with one attached hydrogen (secondary N) is 3. The van der Waals surface area contributed by atoms with Crippen LogP contribution in [0.1, 0.15) is 45.4 Å². The van der Waals surface area contributed by atoms with Gasteiger partial charge in [-0.3, -0.25) is 19.4 Å². The topological polar surface area (TPSA) is 127 Å². The minimum absolute atomic E-state index is 0.0823. The largest absolute Gasteiger partial charge is 0.373 e. The normalized spacial score (nSPS) is 28.4. The Labute approximate surface area is 212 Å². The molecule has 194 valence electrons. The maximum atomic E-state index is 14.9. The van der Waals surface area contributed by atoms with Crippen molar-refractivity contribution in [3.05, 3.63) is 23.5 Å². The van der Waals surface area contributed by atoms with Crippen molar-refractivity contribution < 1.29 is 23.2 Å². The van der Waals surface area contributed by atoms with Gasteiger partial charge >= 0.3 is 0 Å². The molecule has 1 aromatic heterocycles. The second-order valence-corrected chi connectivity index (χ2v) is 10.2. The Kier molecular flexibility index (Phi) is 7.64. The maximum Gasteiger partial charge on any atom is 0.255 e. The summed E-state index contributed by atoms with van der Waals surface area (Å²) in [5, 5.41) is 18.3. The smallest absolute Gasteiger partial charge is 0.255 e. The van der Waals surface area contributed by atoms with Gasteiger partial charge in [0.15, 0.2) is 0 Å². The highest BCUT2D eigenvalue weighted by Gasteiger charge is 2.60. The molecule has 5 rings (SSSR count). The molecule has 4 fully saturated rings. The van der Waals surface area contributed by atoms with E-state index in [9.17, 15) is 28.4 Å². The van der Waals surface area contributed by atoms with Crippen LogP contribution in [0, 0.1) is 23.2 Å². The molecule has 9 nitrogen and oxygen atoms in total. The summed E-state index contributed by atoms with van der Waals surface area (Å²) in [6.07, 6.45) is 4.30. The first-order chi connectivity index (χ1) is 17.1. The molecular formula is C24H29ClF2N6O3. The van der Waals surface area contributed by atoms with Gasteiger partial charge in [0, 0.05) is 31.1 Å². The second-order valence-electron chi connectivity index (χ2n) is 9.81. The average molecular weight is 523 g/mol. The lowest BCUT2D eigenvalue weighted by molar-refractivity contribution is -0.194. The number of carbonyl (C=O) groups is 3. The zero-order chi connectivity index (χ0) is 26.0. The quantitative estimate of drug-likeness (QED) is 0.505. The van der Waals surface area contributed by atoms with E-state index in [0.717, 1.165) is 6.42 Å². The lowest BCUT2D eigenvalue weighted by atomic mass is 9.71. The van der Waals surface area contributed by atoms with Gasteiger partial charge in [-0.25, -0.2) is 8.78 Å². The summed E-state index contributed by atoms with van der Waals surface area (Å²) >= 11 is 5.96. The molecule has 3 aliphatic heterocycles. The number of alkyl halides is 2. The van der Waals surface area contributed by atoms with Gasteiger partial charge in [0.2, 0.25) is 17.7 Å². The first-order valence-corrected chi connectivity index (χ1v) is 12.5. The van der Waals surface area contributed by atoms with Gasteiger partial charge in [0.05, 0.1) is 28.9 Å². The maximum absolute atomic E-state index is 14.9. The van der Waals surface area contributed by atoms with Crippen molar-refractivity contribution in [2.75, 3.05) is 11.9 Å². The molecule has 3 amide bonds. The van der Waals surface area contributed by atoms with E-state index >= 15 is 0 Å². The van der Waals surface area contributed by atoms with Crippen LogP contribution in [0.25, 0.3) is 0 Å². The third kappa shape index (κ3) is 5.38. The molecule has 6 atom stereocenters. The predicted octanol–water partition coefficient (Wildman–Crippen LogP) is 2.47. The molecule has 36 heavy (non-hydrogen) atoms. The first kappa shape index (κ1) is 26.1. The number of halogens is 3. The molecule has 1 saturated carbocycles. The Morgan fingerprint density at radius 2 is 2.14 bits per heavy atom. The van der Waals surface area contributed by atoms with Crippen LogP contribution >= 0.6 is 11.6 Å². The number of hydrogen-bond donors (Lipinski definition) is 3. The van der Waals surface area contributed by atoms with Crippen molar-refractivity contribution >= 4 is 35.0 Å². The summed E-state index contributed by atoms with van der Waals surface area (Å²) in [6.45, 7) is 2.14. The zero-order valence-electron chi connectivity index (χ0n) is 19.8. The average Bonchev–Trinajstić information content (AvgIpc) is 2.83. The van der Waals surface area contributed by atoms with Crippen molar-refractivity contribution in [1.29, 1.82) is 5.26 Å². The summed E-state index contributed by atoms with van der Waals surface area (Å²) in [4.78, 5) is 44.2. The number of fused-ring (bicyclic) bond motifs is 3. The van der Waals surface area contributed by atoms with Gasteiger partial charge in [-0.2, -0.15) is 5.26 Å². The Hall–Kier alpha value is -3.00. The van der Waals surface area contributed by atoms with Gasteiger partial charge in [0.25, 0.3) is 5.92 Å². The number of pyridine rings is 1. The minimum Gasteiger partial charge on any atom is -0.373 e. The molecule has 1 aliphatic carbocycles. The molecule has 0 spiro atoms. The molecule has 3 N–H and O–H groups in total. The fourth-order valence-corrected chi connectivity index (χ4v) is 5.77. The molecule has 0 unspecified atom stereocenters. The van der Waals surface area contributed by atoms with Crippen molar-refractivity contribution in [2.24, 2.45) is 11.8 Å². The molecule has 0 radical (unpaired) electrons. The Morgan fingerprint density at radius 3 is 2.81 bits per heavy atom. The molecule has 4 aliphatic rings. The van der Waals surface area contributed by atoms with Crippen molar-refractivity contribution in [3.8, 4) is 6.07 Å². The summed E-state index contributed by atoms with van der Waals surface area (Å²) in [5.74, 6) is -6.39. The van der Waals surface area contributed by atoms with Crippen molar-refractivity contribution in [3.63, 3.8) is 0 Å². The number of nitriles is 1. The molecule has 0 aromatic carbocycles. The van der Waals surface area contributed by atoms with Crippen LogP contribution in [0.3, 0.4) is 0 Å². The number of carbonyl (C=O) groups excluding carboxylic acids is 3. The number of rotatable bonds is 7. The zero-order valence-corrected chi connectivity index (χ0v) is 20.6. The van der Waals surface area contributed by atoms with Gasteiger partial charge < -0.3 is 20.9 Å². The first-order valence-electron chi connectivity index (χ1n) is 12.2. The van der Waals surface area contributed by atoms with Crippen LogP contribution in [0.15, 0.2) is 18.5 Å². The second kappa shape index (κ2) is 10.5. The number of nitrogens with zero attached hydrogens (tertiary/aromatic N) is 3. The van der Waals surface area contributed by atoms with Gasteiger partial charge in [-0.15, -0.1) is 0 Å². The van der Waals surface area contributed by atoms with Gasteiger partial charge in [-0.1, -0.05) is 11.6 Å². The monoisotopic (exact) mass is 522 g/mol. The number of piperidine rings is 3. The summed E-state index contributed by atoms with van der Waals surface area (Å²) in [5.41, 5.74) is 0.479. The van der Waals surface area contributed by atoms with E-state index in [0.29, 0.717) is 30.1 Å². The molecule has 3 saturated heterocycles. The Morgan fingerprint density at radius 1 is 1.36 bits per heavy atom. The van der Waals surface area contributed by atoms with Crippen LogP contribution in [0.2, 0.25) is 5.02 Å². The van der Waals surface area contributed by atoms with E-state index < -0.39 is 60.2 Å². The fourth-order valence-electron chi connectivity index (χ4n) is 5.60. The molecule has 4 heterocycles. The lowest BCUT2D eigenvalue weighted by Crippen LogP contribution is -2.70. The van der Waals surface area contributed by atoms with Crippen molar-refractivity contribution in [1.82, 2.24) is 20.5 Å². The predicted molar refractivity (Wildman–Crippen MR) is 127 cm³/mol. The number of amides is 3. The van der Waals surface area contributed by atoms with Crippen LogP contribution in [-0.4, -0.2) is 64.2 Å². The Bertz CT molecular complexity index is 1070. The molecule has 12 heteroatoms. The van der Waals surface area contributed by atoms with Crippen LogP contribution in [0.4, 0.5) is 14.5 Å². The standard InChI is InChI=1S/C24H29ClF2N6O3/c1-13(31-17-8-15(25)11-29-12-17)23(36)33-18-4-5-19(24(26,27)9-18)20(33)22(35)32-16(10-28)7-14-3-2-6-30-21(14)34/h8,11-14,16,18-20,31H,2-7,9H2,1H3,(H,30,34)(H,32,35)/t13-,14+,16-,18+,19+,20+/m1/s1. The Balaban J connectivity index is 1.52. The van der Waals surface area contributed by atoms with Crippen LogP contribution in [0.5, 0.6) is 0 Å². The fraction of sp³-hybridized carbons (Fsp3) is 0.625. The highest BCUT2D eigenvalue weighted by atomic mass is 35.5. The van der Waals surface area contributed by atoms with E-state index in [1.165, 1.54) is 17.3 Å². The lowest BCUT2D eigenvalue weighted by Gasteiger charge is -2.54. The number of hydrogen-bond acceptors (Lipinski definition) is 6. The van der Waals surface area contributed by atoms with Crippen molar-refractivity contribution in [2.45, 2.75) is 75.5 Å². The van der Waals surface area contributed by atoms with E-state index in [4.69, 9.17) is 11.6 Å². The summed E-state index contributed by atoms with van der Waals surface area (Å²) < 4.78 is 29.8. The van der Waals surface area contributed by atoms with Crippen LogP contribution in [-0.2, 0) is 14.4 Å². The summed E-state index contributed by atoms with van der Waals surface area (Å²) in [7, 11) is 0. The molecule has 2 bridgehead atoms. The third-order valence-corrected chi connectivity index (χ3v) is 7.52. The molecule has 1 aromatic rings. The van der Waals surface area contributed by atoms with E-state index in [1.807, 2.05) is 6.07 Å². The minimum atomic E-state index is -3.11. The van der Waals surface area contributed by atoms with Gasteiger partial charge in [0.1, 0.15) is 18.1 Å². The van der Waals surface area contributed by atoms with Crippen LogP contribution < -0.4 is 16.0 Å². The molecular weight excluding hydrogens is 494 g/mol. The highest BCUT2D eigenvalue weighted by molar-refractivity contribution is 6.30. The number of anilines is 1. The van der Waals surface area contributed by atoms with E-state index in [-0.39, 0.29) is 18.7 Å². The van der Waals surface area contributed by atoms with Gasteiger partial charge in [-0.05, 0) is 45.1 Å². The highest BCUT2D eigenvalue weighted by Crippen LogP contribution is 2.49. The third-order valence-electron chi connectivity index (χ3n) is 7.31.